The second-order valence-corrected chi connectivity index (χ2v) is 8.54. The van der Waals surface area contributed by atoms with Gasteiger partial charge in [0.1, 0.15) is 0 Å². The molecule has 1 aromatic carbocycles. The minimum Gasteiger partial charge on any atom is -0.334 e. The molecular formula is C17H25N3O3S. The number of likely N-dealkylation sites (tertiary alicyclic amines) is 1. The summed E-state index contributed by atoms with van der Waals surface area (Å²) >= 11 is 0. The third-order valence-electron chi connectivity index (χ3n) is 4.88. The zero-order chi connectivity index (χ0) is 17.3. The molecule has 1 N–H and O–H groups in total. The van der Waals surface area contributed by atoms with Crippen LogP contribution in [-0.4, -0.2) is 58.2 Å². The SMILES string of the molecule is CNCC1CCCN1C(=O)c1ccc2c(c1)CCCN2S(C)(=O)=O. The highest BCUT2D eigenvalue weighted by atomic mass is 32.2. The molecule has 0 bridgehead atoms. The molecule has 0 aromatic heterocycles. The van der Waals surface area contributed by atoms with Gasteiger partial charge in [-0.15, -0.1) is 0 Å². The van der Waals surface area contributed by atoms with Crippen molar-refractivity contribution >= 4 is 21.6 Å². The Bertz CT molecular complexity index is 733. The number of hydrogen-bond acceptors (Lipinski definition) is 4. The van der Waals surface area contributed by atoms with Gasteiger partial charge in [0, 0.05) is 31.2 Å². The molecule has 7 heteroatoms. The molecule has 0 radical (unpaired) electrons. The van der Waals surface area contributed by atoms with Crippen molar-refractivity contribution in [3.05, 3.63) is 29.3 Å². The average Bonchev–Trinajstić information content (AvgIpc) is 3.01. The zero-order valence-corrected chi connectivity index (χ0v) is 15.1. The van der Waals surface area contributed by atoms with E-state index in [0.29, 0.717) is 17.8 Å². The van der Waals surface area contributed by atoms with Gasteiger partial charge in [0.25, 0.3) is 5.91 Å². The summed E-state index contributed by atoms with van der Waals surface area (Å²) < 4.78 is 25.3. The van der Waals surface area contributed by atoms with Gasteiger partial charge in [-0.1, -0.05) is 0 Å². The quantitative estimate of drug-likeness (QED) is 0.886. The minimum atomic E-state index is -3.27. The molecule has 1 fully saturated rings. The standard InChI is InChI=1S/C17H25N3O3S/c1-18-12-15-6-4-9-19(15)17(21)14-7-8-16-13(11-14)5-3-10-20(16)24(2,22)23/h7-8,11,15,18H,3-6,9-10,12H2,1-2H3. The molecule has 132 valence electrons. The molecule has 2 heterocycles. The van der Waals surface area contributed by atoms with Gasteiger partial charge in [0.05, 0.1) is 11.9 Å². The third-order valence-corrected chi connectivity index (χ3v) is 6.06. The predicted octanol–water partition coefficient (Wildman–Crippen LogP) is 1.22. The fourth-order valence-corrected chi connectivity index (χ4v) is 4.75. The van der Waals surface area contributed by atoms with Crippen LogP contribution in [0.15, 0.2) is 18.2 Å². The molecule has 0 aliphatic carbocycles. The van der Waals surface area contributed by atoms with Crippen molar-refractivity contribution < 1.29 is 13.2 Å². The first kappa shape index (κ1) is 17.2. The Kier molecular flexibility index (Phi) is 4.83. The van der Waals surface area contributed by atoms with Crippen LogP contribution in [0, 0.1) is 0 Å². The topological polar surface area (TPSA) is 69.7 Å². The Morgan fingerprint density at radius 2 is 2.08 bits per heavy atom. The molecule has 1 unspecified atom stereocenters. The van der Waals surface area contributed by atoms with Crippen LogP contribution < -0.4 is 9.62 Å². The molecule has 0 spiro atoms. The van der Waals surface area contributed by atoms with E-state index in [1.165, 1.54) is 10.6 Å². The summed E-state index contributed by atoms with van der Waals surface area (Å²) in [6.07, 6.45) is 4.88. The van der Waals surface area contributed by atoms with E-state index in [1.54, 1.807) is 12.1 Å². The third kappa shape index (κ3) is 3.28. The van der Waals surface area contributed by atoms with E-state index in [1.807, 2.05) is 18.0 Å². The predicted molar refractivity (Wildman–Crippen MR) is 94.9 cm³/mol. The second-order valence-electron chi connectivity index (χ2n) is 6.63. The number of sulfonamides is 1. The molecule has 1 saturated heterocycles. The van der Waals surface area contributed by atoms with E-state index >= 15 is 0 Å². The van der Waals surface area contributed by atoms with E-state index in [2.05, 4.69) is 5.32 Å². The number of aryl methyl sites for hydroxylation is 1. The largest absolute Gasteiger partial charge is 0.334 e. The number of nitrogens with zero attached hydrogens (tertiary/aromatic N) is 2. The number of likely N-dealkylation sites (N-methyl/N-ethyl adjacent to an activating group) is 1. The van der Waals surface area contributed by atoms with E-state index in [-0.39, 0.29) is 11.9 Å². The van der Waals surface area contributed by atoms with Gasteiger partial charge in [-0.25, -0.2) is 8.42 Å². The fourth-order valence-electron chi connectivity index (χ4n) is 3.76. The van der Waals surface area contributed by atoms with Gasteiger partial charge in [0.15, 0.2) is 0 Å². The number of carbonyl (C=O) groups excluding carboxylic acids is 1. The van der Waals surface area contributed by atoms with Crippen LogP contribution in [0.5, 0.6) is 0 Å². The van der Waals surface area contributed by atoms with E-state index in [9.17, 15) is 13.2 Å². The first-order chi connectivity index (χ1) is 11.4. The fraction of sp³-hybridized carbons (Fsp3) is 0.588. The summed E-state index contributed by atoms with van der Waals surface area (Å²) in [4.78, 5) is 14.8. The van der Waals surface area contributed by atoms with Crippen LogP contribution in [-0.2, 0) is 16.4 Å². The van der Waals surface area contributed by atoms with Gasteiger partial charge < -0.3 is 10.2 Å². The number of carbonyl (C=O) groups is 1. The lowest BCUT2D eigenvalue weighted by Gasteiger charge is -2.30. The second kappa shape index (κ2) is 6.72. The molecule has 0 saturated carbocycles. The van der Waals surface area contributed by atoms with Crippen LogP contribution >= 0.6 is 0 Å². The number of anilines is 1. The average molecular weight is 351 g/mol. The van der Waals surface area contributed by atoms with Gasteiger partial charge >= 0.3 is 0 Å². The molecule has 24 heavy (non-hydrogen) atoms. The lowest BCUT2D eigenvalue weighted by Crippen LogP contribution is -2.41. The molecule has 2 aliphatic heterocycles. The summed E-state index contributed by atoms with van der Waals surface area (Å²) in [7, 11) is -1.37. The van der Waals surface area contributed by atoms with Crippen molar-refractivity contribution in [2.75, 3.05) is 37.2 Å². The summed E-state index contributed by atoms with van der Waals surface area (Å²) in [5.41, 5.74) is 2.32. The summed E-state index contributed by atoms with van der Waals surface area (Å²) in [6.45, 7) is 2.10. The van der Waals surface area contributed by atoms with Gasteiger partial charge in [-0.2, -0.15) is 0 Å². The number of rotatable bonds is 4. The van der Waals surface area contributed by atoms with E-state index in [0.717, 1.165) is 44.3 Å². The number of amides is 1. The molecule has 1 aromatic rings. The van der Waals surface area contributed by atoms with E-state index < -0.39 is 10.0 Å². The first-order valence-electron chi connectivity index (χ1n) is 8.48. The Morgan fingerprint density at radius 1 is 1.29 bits per heavy atom. The van der Waals surface area contributed by atoms with Gasteiger partial charge in [0.2, 0.25) is 10.0 Å². The van der Waals surface area contributed by atoms with E-state index in [4.69, 9.17) is 0 Å². The summed E-state index contributed by atoms with van der Waals surface area (Å²) in [6, 6.07) is 5.67. The van der Waals surface area contributed by atoms with Crippen molar-refractivity contribution in [2.24, 2.45) is 0 Å². The summed E-state index contributed by atoms with van der Waals surface area (Å²) in [5.74, 6) is 0.0482. The van der Waals surface area contributed by atoms with Crippen molar-refractivity contribution in [1.82, 2.24) is 10.2 Å². The molecule has 3 rings (SSSR count). The molecule has 2 aliphatic rings. The van der Waals surface area contributed by atoms with Crippen LogP contribution in [0.1, 0.15) is 35.2 Å². The number of nitrogens with one attached hydrogen (secondary N) is 1. The Balaban J connectivity index is 1.87. The van der Waals surface area contributed by atoms with Crippen LogP contribution in [0.3, 0.4) is 0 Å². The maximum Gasteiger partial charge on any atom is 0.254 e. The Labute approximate surface area is 143 Å². The monoisotopic (exact) mass is 351 g/mol. The number of hydrogen-bond donors (Lipinski definition) is 1. The maximum absolute atomic E-state index is 12.9. The van der Waals surface area contributed by atoms with Gasteiger partial charge in [-0.05, 0) is 56.5 Å². The highest BCUT2D eigenvalue weighted by Gasteiger charge is 2.30. The van der Waals surface area contributed by atoms with Crippen LogP contribution in [0.4, 0.5) is 5.69 Å². The minimum absolute atomic E-state index is 0.0482. The smallest absolute Gasteiger partial charge is 0.254 e. The van der Waals surface area contributed by atoms with Crippen molar-refractivity contribution in [3.8, 4) is 0 Å². The highest BCUT2D eigenvalue weighted by molar-refractivity contribution is 7.92. The molecule has 1 atom stereocenters. The zero-order valence-electron chi connectivity index (χ0n) is 14.3. The Morgan fingerprint density at radius 3 is 2.79 bits per heavy atom. The lowest BCUT2D eigenvalue weighted by molar-refractivity contribution is 0.0737. The molecular weight excluding hydrogens is 326 g/mol. The normalized spacial score (nSPS) is 21.0. The lowest BCUT2D eigenvalue weighted by atomic mass is 10.00. The summed E-state index contributed by atoms with van der Waals surface area (Å²) in [5, 5.41) is 3.15. The van der Waals surface area contributed by atoms with Crippen molar-refractivity contribution in [3.63, 3.8) is 0 Å². The van der Waals surface area contributed by atoms with Crippen LogP contribution in [0.2, 0.25) is 0 Å². The first-order valence-corrected chi connectivity index (χ1v) is 10.3. The number of fused-ring (bicyclic) bond motifs is 1. The van der Waals surface area contributed by atoms with Crippen molar-refractivity contribution in [1.29, 1.82) is 0 Å². The van der Waals surface area contributed by atoms with Gasteiger partial charge in [-0.3, -0.25) is 9.10 Å². The number of benzene rings is 1. The van der Waals surface area contributed by atoms with Crippen molar-refractivity contribution in [2.45, 2.75) is 31.7 Å². The highest BCUT2D eigenvalue weighted by Crippen LogP contribution is 2.31. The molecule has 1 amide bonds. The maximum atomic E-state index is 12.9. The molecule has 6 nitrogen and oxygen atoms in total. The Hall–Kier alpha value is -1.60. The van der Waals surface area contributed by atoms with Crippen LogP contribution in [0.25, 0.3) is 0 Å².